The molecule has 3 aromatic carbocycles. The highest BCUT2D eigenvalue weighted by Crippen LogP contribution is 2.33. The Labute approximate surface area is 199 Å². The number of benzene rings is 3. The largest absolute Gasteiger partial charge is 0.320 e. The van der Waals surface area contributed by atoms with E-state index in [1.165, 1.54) is 5.56 Å². The normalized spacial score (nSPS) is 11.8. The van der Waals surface area contributed by atoms with Crippen LogP contribution in [-0.2, 0) is 11.2 Å². The van der Waals surface area contributed by atoms with Gasteiger partial charge in [0.2, 0.25) is 0 Å². The van der Waals surface area contributed by atoms with Gasteiger partial charge in [-0.1, -0.05) is 94.4 Å². The summed E-state index contributed by atoms with van der Waals surface area (Å²) in [6.07, 6.45) is 1.34. The molecular formula is C30H36N2O. The molecule has 0 fully saturated rings. The molecule has 1 amide bonds. The predicted octanol–water partition coefficient (Wildman–Crippen LogP) is 7.89. The molecule has 0 bridgehead atoms. The number of para-hydroxylation sites is 2. The van der Waals surface area contributed by atoms with Crippen molar-refractivity contribution in [3.8, 4) is 0 Å². The number of nitrogens with zero attached hydrogens (tertiary/aromatic N) is 1. The summed E-state index contributed by atoms with van der Waals surface area (Å²) >= 11 is 0. The Kier molecular flexibility index (Phi) is 8.21. The zero-order valence-corrected chi connectivity index (χ0v) is 20.8. The van der Waals surface area contributed by atoms with Gasteiger partial charge in [0.05, 0.1) is 5.69 Å². The van der Waals surface area contributed by atoms with Gasteiger partial charge in [-0.05, 0) is 66.3 Å². The van der Waals surface area contributed by atoms with Crippen molar-refractivity contribution >= 4 is 23.0 Å². The first kappa shape index (κ1) is 24.4. The summed E-state index contributed by atoms with van der Waals surface area (Å²) in [5, 5.41) is 3.27. The van der Waals surface area contributed by atoms with E-state index in [0.29, 0.717) is 24.0 Å². The van der Waals surface area contributed by atoms with Gasteiger partial charge in [0.1, 0.15) is 5.71 Å². The van der Waals surface area contributed by atoms with E-state index in [0.717, 1.165) is 40.0 Å². The molecule has 0 saturated carbocycles. The van der Waals surface area contributed by atoms with Crippen molar-refractivity contribution in [3.05, 3.63) is 94.5 Å². The van der Waals surface area contributed by atoms with Gasteiger partial charge in [-0.25, -0.2) is 4.99 Å². The van der Waals surface area contributed by atoms with Crippen LogP contribution in [0.1, 0.15) is 73.8 Å². The van der Waals surface area contributed by atoms with Crippen molar-refractivity contribution in [2.75, 3.05) is 5.32 Å². The van der Waals surface area contributed by atoms with Gasteiger partial charge in [-0.15, -0.1) is 0 Å². The van der Waals surface area contributed by atoms with Crippen LogP contribution in [0.5, 0.6) is 0 Å². The summed E-state index contributed by atoms with van der Waals surface area (Å²) in [6.45, 7) is 12.7. The molecule has 0 heterocycles. The minimum atomic E-state index is -0.122. The Hall–Kier alpha value is -3.20. The number of aliphatic imine (C=N–C) groups is 1. The van der Waals surface area contributed by atoms with Crippen LogP contribution in [0, 0.1) is 13.8 Å². The molecular weight excluding hydrogens is 404 g/mol. The summed E-state index contributed by atoms with van der Waals surface area (Å²) in [5.41, 5.74) is 8.04. The van der Waals surface area contributed by atoms with Crippen molar-refractivity contribution in [3.63, 3.8) is 0 Å². The van der Waals surface area contributed by atoms with Crippen molar-refractivity contribution in [1.82, 2.24) is 0 Å². The van der Waals surface area contributed by atoms with Crippen LogP contribution in [0.25, 0.3) is 0 Å². The third kappa shape index (κ3) is 6.19. The Balaban J connectivity index is 2.01. The predicted molar refractivity (Wildman–Crippen MR) is 141 cm³/mol. The summed E-state index contributed by atoms with van der Waals surface area (Å²) in [7, 11) is 0. The highest BCUT2D eigenvalue weighted by atomic mass is 16.1. The molecule has 0 radical (unpaired) electrons. The van der Waals surface area contributed by atoms with E-state index in [-0.39, 0.29) is 5.91 Å². The number of aryl methyl sites for hydroxylation is 3. The Morgan fingerprint density at radius 3 is 1.88 bits per heavy atom. The highest BCUT2D eigenvalue weighted by Gasteiger charge is 2.19. The van der Waals surface area contributed by atoms with E-state index in [4.69, 9.17) is 4.99 Å². The molecule has 0 atom stereocenters. The summed E-state index contributed by atoms with van der Waals surface area (Å²) in [5.74, 6) is 0.494. The SMILES string of the molecule is Cc1cccc(C)c1N=C(CCc1ccccc1)C(=O)Nc1c(C(C)C)cccc1C(C)C. The van der Waals surface area contributed by atoms with E-state index in [2.05, 4.69) is 63.3 Å². The zero-order chi connectivity index (χ0) is 24.0. The minimum Gasteiger partial charge on any atom is -0.320 e. The summed E-state index contributed by atoms with van der Waals surface area (Å²) < 4.78 is 0. The minimum absolute atomic E-state index is 0.122. The molecule has 3 aromatic rings. The van der Waals surface area contributed by atoms with E-state index >= 15 is 0 Å². The average molecular weight is 441 g/mol. The second-order valence-electron chi connectivity index (χ2n) is 9.36. The van der Waals surface area contributed by atoms with Gasteiger partial charge >= 0.3 is 0 Å². The first-order chi connectivity index (χ1) is 15.8. The molecule has 0 aromatic heterocycles. The van der Waals surface area contributed by atoms with Crippen LogP contribution < -0.4 is 5.32 Å². The summed E-state index contributed by atoms with van der Waals surface area (Å²) in [4.78, 5) is 18.6. The maximum Gasteiger partial charge on any atom is 0.270 e. The third-order valence-electron chi connectivity index (χ3n) is 6.05. The van der Waals surface area contributed by atoms with Crippen molar-refractivity contribution in [2.24, 2.45) is 4.99 Å². The fraction of sp³-hybridized carbons (Fsp3) is 0.333. The topological polar surface area (TPSA) is 41.5 Å². The number of hydrogen-bond acceptors (Lipinski definition) is 2. The maximum absolute atomic E-state index is 13.7. The number of amides is 1. The lowest BCUT2D eigenvalue weighted by Crippen LogP contribution is -2.25. The molecule has 3 heteroatoms. The number of nitrogens with one attached hydrogen (secondary N) is 1. The monoisotopic (exact) mass is 440 g/mol. The van der Waals surface area contributed by atoms with Crippen molar-refractivity contribution in [1.29, 1.82) is 0 Å². The zero-order valence-electron chi connectivity index (χ0n) is 20.8. The number of rotatable bonds is 8. The molecule has 33 heavy (non-hydrogen) atoms. The second kappa shape index (κ2) is 11.1. The van der Waals surface area contributed by atoms with Crippen LogP contribution in [0.4, 0.5) is 11.4 Å². The van der Waals surface area contributed by atoms with Gasteiger partial charge in [-0.2, -0.15) is 0 Å². The number of anilines is 1. The molecule has 0 spiro atoms. The molecule has 1 N–H and O–H groups in total. The van der Waals surface area contributed by atoms with E-state index in [9.17, 15) is 4.79 Å². The first-order valence-corrected chi connectivity index (χ1v) is 11.9. The molecule has 0 aliphatic rings. The van der Waals surface area contributed by atoms with Crippen LogP contribution in [0.3, 0.4) is 0 Å². The lowest BCUT2D eigenvalue weighted by molar-refractivity contribution is -0.110. The fourth-order valence-electron chi connectivity index (χ4n) is 4.13. The van der Waals surface area contributed by atoms with Gasteiger partial charge in [0, 0.05) is 5.69 Å². The van der Waals surface area contributed by atoms with Gasteiger partial charge in [-0.3, -0.25) is 4.79 Å². The van der Waals surface area contributed by atoms with Crippen LogP contribution >= 0.6 is 0 Å². The van der Waals surface area contributed by atoms with Crippen molar-refractivity contribution in [2.45, 2.75) is 66.2 Å². The van der Waals surface area contributed by atoms with Gasteiger partial charge < -0.3 is 5.32 Å². The van der Waals surface area contributed by atoms with Gasteiger partial charge in [0.25, 0.3) is 5.91 Å². The van der Waals surface area contributed by atoms with Crippen LogP contribution in [-0.4, -0.2) is 11.6 Å². The number of carbonyl (C=O) groups excluding carboxylic acids is 1. The molecule has 3 rings (SSSR count). The number of hydrogen-bond donors (Lipinski definition) is 1. The molecule has 0 aliphatic heterocycles. The Morgan fingerprint density at radius 1 is 0.788 bits per heavy atom. The molecule has 0 aliphatic carbocycles. The lowest BCUT2D eigenvalue weighted by Gasteiger charge is -2.20. The van der Waals surface area contributed by atoms with E-state index in [1.54, 1.807) is 0 Å². The lowest BCUT2D eigenvalue weighted by atomic mass is 9.92. The fourth-order valence-corrected chi connectivity index (χ4v) is 4.13. The maximum atomic E-state index is 13.7. The third-order valence-corrected chi connectivity index (χ3v) is 6.05. The molecule has 172 valence electrons. The van der Waals surface area contributed by atoms with Crippen LogP contribution in [0.2, 0.25) is 0 Å². The number of carbonyl (C=O) groups is 1. The van der Waals surface area contributed by atoms with E-state index in [1.807, 2.05) is 50.2 Å². The second-order valence-corrected chi connectivity index (χ2v) is 9.36. The Bertz CT molecular complexity index is 1080. The molecule has 3 nitrogen and oxygen atoms in total. The first-order valence-electron chi connectivity index (χ1n) is 11.9. The standard InChI is InChI=1S/C30H36N2O/c1-20(2)25-16-11-17-26(21(3)4)29(25)32-30(33)27(19-18-24-14-8-7-9-15-24)31-28-22(5)12-10-13-23(28)6/h7-17,20-21H,18-19H2,1-6H3,(H,32,33). The van der Waals surface area contributed by atoms with Gasteiger partial charge in [0.15, 0.2) is 0 Å². The van der Waals surface area contributed by atoms with E-state index < -0.39 is 0 Å². The molecule has 0 unspecified atom stereocenters. The highest BCUT2D eigenvalue weighted by molar-refractivity contribution is 6.43. The Morgan fingerprint density at radius 2 is 1.33 bits per heavy atom. The van der Waals surface area contributed by atoms with Crippen LogP contribution in [0.15, 0.2) is 71.7 Å². The average Bonchev–Trinajstić information content (AvgIpc) is 2.78. The summed E-state index contributed by atoms with van der Waals surface area (Å²) in [6, 6.07) is 22.7. The quantitative estimate of drug-likeness (QED) is 0.355. The smallest absolute Gasteiger partial charge is 0.270 e. The van der Waals surface area contributed by atoms with Crippen molar-refractivity contribution < 1.29 is 4.79 Å². The molecule has 0 saturated heterocycles.